The Balaban J connectivity index is 2.16. The number of hydrogen-bond donors (Lipinski definition) is 1. The molecule has 0 saturated carbocycles. The van der Waals surface area contributed by atoms with Crippen LogP contribution in [0.25, 0.3) is 11.5 Å². The Labute approximate surface area is 120 Å². The Morgan fingerprint density at radius 3 is 3.00 bits per heavy atom. The minimum atomic E-state index is -0.525. The fraction of sp³-hybridized carbons (Fsp3) is 0.385. The topological polar surface area (TPSA) is 74.2 Å². The Hall–Kier alpha value is -1.50. The minimum absolute atomic E-state index is 0.00837. The molecule has 2 N–H and O–H groups in total. The third-order valence-electron chi connectivity index (χ3n) is 2.60. The van der Waals surface area contributed by atoms with Crippen molar-refractivity contribution < 1.29 is 13.7 Å². The van der Waals surface area contributed by atoms with Crippen molar-refractivity contribution in [2.75, 3.05) is 13.2 Å². The molecule has 1 heterocycles. The van der Waals surface area contributed by atoms with Gasteiger partial charge in [-0.3, -0.25) is 0 Å². The second-order valence-electron chi connectivity index (χ2n) is 4.24. The number of hydrogen-bond acceptors (Lipinski definition) is 5. The maximum Gasteiger partial charge on any atom is 0.262 e. The summed E-state index contributed by atoms with van der Waals surface area (Å²) >= 11 is 5.93. The lowest BCUT2D eigenvalue weighted by molar-refractivity contribution is 0.119. The molecule has 0 amide bonds. The van der Waals surface area contributed by atoms with Crippen molar-refractivity contribution in [3.8, 4) is 11.5 Å². The van der Waals surface area contributed by atoms with Crippen LogP contribution in [0.4, 0.5) is 4.39 Å². The van der Waals surface area contributed by atoms with Gasteiger partial charge in [0.25, 0.3) is 5.89 Å². The zero-order chi connectivity index (χ0) is 14.5. The molecule has 1 aromatic heterocycles. The van der Waals surface area contributed by atoms with Crippen LogP contribution < -0.4 is 5.73 Å². The third kappa shape index (κ3) is 3.33. The molecule has 5 nitrogen and oxygen atoms in total. The standard InChI is InChI=1S/C13H15ClFN3O2/c1-2-6-19-7-10(16)12-17-13(20-18-12)11-8(14)4-3-5-9(11)15/h3-5,10H,2,6-7,16H2,1H3. The molecule has 0 aliphatic carbocycles. The maximum atomic E-state index is 13.7. The van der Waals surface area contributed by atoms with Crippen molar-refractivity contribution in [3.05, 3.63) is 34.9 Å². The molecule has 1 unspecified atom stereocenters. The summed E-state index contributed by atoms with van der Waals surface area (Å²) in [6.07, 6.45) is 0.898. The predicted octanol–water partition coefficient (Wildman–Crippen LogP) is 2.96. The Morgan fingerprint density at radius 2 is 2.30 bits per heavy atom. The monoisotopic (exact) mass is 299 g/mol. The van der Waals surface area contributed by atoms with Crippen molar-refractivity contribution in [2.45, 2.75) is 19.4 Å². The lowest BCUT2D eigenvalue weighted by Gasteiger charge is -2.06. The van der Waals surface area contributed by atoms with Crippen LogP contribution in [0.15, 0.2) is 22.7 Å². The molecule has 2 aromatic rings. The summed E-state index contributed by atoms with van der Waals surface area (Å²) in [5.41, 5.74) is 5.94. The van der Waals surface area contributed by atoms with Gasteiger partial charge in [0.05, 0.1) is 23.2 Å². The summed E-state index contributed by atoms with van der Waals surface area (Å²) in [5.74, 6) is -0.257. The van der Waals surface area contributed by atoms with E-state index in [0.29, 0.717) is 6.61 Å². The zero-order valence-electron chi connectivity index (χ0n) is 11.0. The molecule has 1 aromatic carbocycles. The van der Waals surface area contributed by atoms with E-state index in [1.807, 2.05) is 6.92 Å². The fourth-order valence-corrected chi connectivity index (χ4v) is 1.86. The van der Waals surface area contributed by atoms with Gasteiger partial charge in [0, 0.05) is 6.61 Å². The van der Waals surface area contributed by atoms with Crippen LogP contribution in [0, 0.1) is 5.82 Å². The molecule has 0 aliphatic rings. The van der Waals surface area contributed by atoms with E-state index in [-0.39, 0.29) is 28.9 Å². The molecular weight excluding hydrogens is 285 g/mol. The summed E-state index contributed by atoms with van der Waals surface area (Å²) in [7, 11) is 0. The molecule has 7 heteroatoms. The van der Waals surface area contributed by atoms with Crippen molar-refractivity contribution in [1.82, 2.24) is 10.1 Å². The van der Waals surface area contributed by atoms with E-state index < -0.39 is 11.9 Å². The predicted molar refractivity (Wildman–Crippen MR) is 72.7 cm³/mol. The van der Waals surface area contributed by atoms with Gasteiger partial charge in [-0.15, -0.1) is 0 Å². The second kappa shape index (κ2) is 6.78. The van der Waals surface area contributed by atoms with Gasteiger partial charge in [-0.1, -0.05) is 29.7 Å². The first kappa shape index (κ1) is 14.9. The smallest absolute Gasteiger partial charge is 0.262 e. The molecule has 108 valence electrons. The molecule has 20 heavy (non-hydrogen) atoms. The van der Waals surface area contributed by atoms with Crippen LogP contribution in [-0.4, -0.2) is 23.4 Å². The Morgan fingerprint density at radius 1 is 1.50 bits per heavy atom. The average molecular weight is 300 g/mol. The van der Waals surface area contributed by atoms with Gasteiger partial charge in [0.2, 0.25) is 0 Å². The number of halogens is 2. The third-order valence-corrected chi connectivity index (χ3v) is 2.91. The highest BCUT2D eigenvalue weighted by molar-refractivity contribution is 6.33. The van der Waals surface area contributed by atoms with Gasteiger partial charge < -0.3 is 15.0 Å². The van der Waals surface area contributed by atoms with E-state index in [2.05, 4.69) is 10.1 Å². The van der Waals surface area contributed by atoms with E-state index in [0.717, 1.165) is 6.42 Å². The van der Waals surface area contributed by atoms with Crippen LogP contribution in [0.1, 0.15) is 25.2 Å². The van der Waals surface area contributed by atoms with Gasteiger partial charge in [0.1, 0.15) is 5.82 Å². The summed E-state index contributed by atoms with van der Waals surface area (Å²) in [6, 6.07) is 3.80. The SMILES string of the molecule is CCCOCC(N)c1noc(-c2c(F)cccc2Cl)n1. The number of rotatable bonds is 6. The molecule has 0 aliphatic heterocycles. The fourth-order valence-electron chi connectivity index (χ4n) is 1.62. The van der Waals surface area contributed by atoms with Gasteiger partial charge in [-0.25, -0.2) is 4.39 Å². The summed E-state index contributed by atoms with van der Waals surface area (Å²) in [5, 5.41) is 3.94. The lowest BCUT2D eigenvalue weighted by atomic mass is 10.2. The number of ether oxygens (including phenoxy) is 1. The number of nitrogens with zero attached hydrogens (tertiary/aromatic N) is 2. The van der Waals surface area contributed by atoms with Crippen molar-refractivity contribution >= 4 is 11.6 Å². The largest absolute Gasteiger partial charge is 0.379 e. The normalized spacial score (nSPS) is 12.6. The highest BCUT2D eigenvalue weighted by atomic mass is 35.5. The van der Waals surface area contributed by atoms with Crippen molar-refractivity contribution in [1.29, 1.82) is 0 Å². The molecule has 0 saturated heterocycles. The number of aromatic nitrogens is 2. The quantitative estimate of drug-likeness (QED) is 0.830. The molecular formula is C13H15ClFN3O2. The first-order chi connectivity index (χ1) is 9.63. The van der Waals surface area contributed by atoms with Crippen LogP contribution in [0.2, 0.25) is 5.02 Å². The van der Waals surface area contributed by atoms with Gasteiger partial charge in [0.15, 0.2) is 5.82 Å². The van der Waals surface area contributed by atoms with E-state index >= 15 is 0 Å². The maximum absolute atomic E-state index is 13.7. The Bertz CT molecular complexity index is 556. The Kier molecular flexibility index (Phi) is 5.05. The van der Waals surface area contributed by atoms with Gasteiger partial charge in [-0.05, 0) is 18.6 Å². The van der Waals surface area contributed by atoms with Crippen LogP contribution >= 0.6 is 11.6 Å². The van der Waals surface area contributed by atoms with E-state index in [4.69, 9.17) is 26.6 Å². The zero-order valence-corrected chi connectivity index (χ0v) is 11.7. The highest BCUT2D eigenvalue weighted by Crippen LogP contribution is 2.29. The molecule has 2 rings (SSSR count). The highest BCUT2D eigenvalue weighted by Gasteiger charge is 2.19. The number of nitrogens with two attached hydrogens (primary N) is 1. The molecule has 0 bridgehead atoms. The second-order valence-corrected chi connectivity index (χ2v) is 4.64. The molecule has 0 fully saturated rings. The van der Waals surface area contributed by atoms with Gasteiger partial charge in [-0.2, -0.15) is 4.98 Å². The van der Waals surface area contributed by atoms with Gasteiger partial charge >= 0.3 is 0 Å². The number of benzene rings is 1. The van der Waals surface area contributed by atoms with Crippen molar-refractivity contribution in [3.63, 3.8) is 0 Å². The van der Waals surface area contributed by atoms with Crippen molar-refractivity contribution in [2.24, 2.45) is 5.73 Å². The molecule has 0 radical (unpaired) electrons. The lowest BCUT2D eigenvalue weighted by Crippen LogP contribution is -2.18. The summed E-state index contributed by atoms with van der Waals surface area (Å²) < 4.78 is 24.1. The molecule has 1 atom stereocenters. The minimum Gasteiger partial charge on any atom is -0.379 e. The van der Waals surface area contributed by atoms with Crippen LogP contribution in [0.3, 0.4) is 0 Å². The first-order valence-electron chi connectivity index (χ1n) is 6.24. The van der Waals surface area contributed by atoms with Crippen LogP contribution in [-0.2, 0) is 4.74 Å². The summed E-state index contributed by atoms with van der Waals surface area (Å²) in [4.78, 5) is 4.07. The van der Waals surface area contributed by atoms with E-state index in [9.17, 15) is 4.39 Å². The van der Waals surface area contributed by atoms with Crippen LogP contribution in [0.5, 0.6) is 0 Å². The average Bonchev–Trinajstić information content (AvgIpc) is 2.88. The van der Waals surface area contributed by atoms with E-state index in [1.54, 1.807) is 6.07 Å². The summed E-state index contributed by atoms with van der Waals surface area (Å²) in [6.45, 7) is 2.88. The first-order valence-corrected chi connectivity index (χ1v) is 6.62. The van der Waals surface area contributed by atoms with E-state index in [1.165, 1.54) is 12.1 Å². The molecule has 0 spiro atoms.